The Morgan fingerprint density at radius 3 is 2.34 bits per heavy atom. The first-order valence-corrected chi connectivity index (χ1v) is 10.1. The van der Waals surface area contributed by atoms with Crippen molar-refractivity contribution < 1.29 is 9.59 Å². The molecule has 2 atom stereocenters. The van der Waals surface area contributed by atoms with Gasteiger partial charge in [-0.25, -0.2) is 0 Å². The average molecular weight is 436 g/mol. The van der Waals surface area contributed by atoms with Gasteiger partial charge in [0.1, 0.15) is 0 Å². The van der Waals surface area contributed by atoms with Crippen molar-refractivity contribution in [2.75, 3.05) is 18.4 Å². The fraction of sp³-hybridized carbons (Fsp3) is 0.364. The highest BCUT2D eigenvalue weighted by molar-refractivity contribution is 6.34. The van der Waals surface area contributed by atoms with Gasteiger partial charge in [-0.05, 0) is 43.0 Å². The van der Waals surface area contributed by atoms with Crippen LogP contribution in [0.2, 0.25) is 5.02 Å². The van der Waals surface area contributed by atoms with Gasteiger partial charge in [-0.2, -0.15) is 0 Å². The number of carbonyl (C=O) groups excluding carboxylic acids is 2. The van der Waals surface area contributed by atoms with Crippen LogP contribution in [0, 0.1) is 5.92 Å². The first kappa shape index (κ1) is 23.2. The molecule has 1 saturated heterocycles. The number of halogens is 2. The minimum Gasteiger partial charge on any atom is -0.339 e. The predicted octanol–water partition coefficient (Wildman–Crippen LogP) is 4.66. The summed E-state index contributed by atoms with van der Waals surface area (Å²) in [7, 11) is 0. The second-order valence-electron chi connectivity index (χ2n) is 7.26. The van der Waals surface area contributed by atoms with E-state index in [1.807, 2.05) is 35.2 Å². The van der Waals surface area contributed by atoms with E-state index < -0.39 is 12.0 Å². The highest BCUT2D eigenvalue weighted by Gasteiger charge is 2.23. The molecule has 0 aliphatic carbocycles. The molecule has 2 aromatic rings. The number of likely N-dealkylation sites (tertiary alicyclic amines) is 1. The number of piperidine rings is 1. The van der Waals surface area contributed by atoms with E-state index in [1.165, 1.54) is 0 Å². The molecule has 0 saturated carbocycles. The third kappa shape index (κ3) is 5.72. The van der Waals surface area contributed by atoms with E-state index in [-0.39, 0.29) is 24.2 Å². The first-order valence-electron chi connectivity index (χ1n) is 9.67. The summed E-state index contributed by atoms with van der Waals surface area (Å²) in [4.78, 5) is 27.1. The van der Waals surface area contributed by atoms with Crippen LogP contribution in [0.1, 0.15) is 48.1 Å². The molecule has 5 nitrogen and oxygen atoms in total. The van der Waals surface area contributed by atoms with Crippen molar-refractivity contribution in [3.63, 3.8) is 0 Å². The van der Waals surface area contributed by atoms with E-state index in [4.69, 9.17) is 17.3 Å². The summed E-state index contributed by atoms with van der Waals surface area (Å²) in [6.45, 7) is 3.33. The molecular weight excluding hydrogens is 409 g/mol. The van der Waals surface area contributed by atoms with Crippen molar-refractivity contribution in [1.82, 2.24) is 4.90 Å². The number of amides is 2. The standard InChI is InChI=1S/C22H26ClN3O2.ClH/c1-15(20(24)16-8-4-2-5-9-16)21(27)25-17-10-11-18(19(23)14-17)22(28)26-12-6-3-7-13-26;/h2,4-5,8-11,14-15,20H,3,6-7,12-13,24H2,1H3,(H,25,27);1H. The van der Waals surface area contributed by atoms with Crippen LogP contribution < -0.4 is 11.1 Å². The molecule has 2 aromatic carbocycles. The molecule has 0 aromatic heterocycles. The number of hydrogen-bond donors (Lipinski definition) is 2. The monoisotopic (exact) mass is 435 g/mol. The molecule has 1 heterocycles. The van der Waals surface area contributed by atoms with Crippen LogP contribution >= 0.6 is 24.0 Å². The maximum Gasteiger partial charge on any atom is 0.255 e. The number of nitrogens with zero attached hydrogens (tertiary/aromatic N) is 1. The third-order valence-electron chi connectivity index (χ3n) is 5.25. The van der Waals surface area contributed by atoms with Gasteiger partial charge in [0, 0.05) is 24.8 Å². The van der Waals surface area contributed by atoms with Gasteiger partial charge in [0.15, 0.2) is 0 Å². The van der Waals surface area contributed by atoms with Gasteiger partial charge in [-0.1, -0.05) is 48.9 Å². The summed E-state index contributed by atoms with van der Waals surface area (Å²) in [6.07, 6.45) is 3.21. The molecule has 0 bridgehead atoms. The zero-order chi connectivity index (χ0) is 20.1. The third-order valence-corrected chi connectivity index (χ3v) is 5.56. The number of anilines is 1. The number of carbonyl (C=O) groups is 2. The van der Waals surface area contributed by atoms with Crippen LogP contribution in [-0.4, -0.2) is 29.8 Å². The SMILES string of the molecule is CC(C(=O)Nc1ccc(C(=O)N2CCCCC2)c(Cl)c1)C(N)c1ccccc1.Cl. The molecule has 0 radical (unpaired) electrons. The molecule has 3 N–H and O–H groups in total. The van der Waals surface area contributed by atoms with Crippen molar-refractivity contribution >= 4 is 41.5 Å². The molecule has 7 heteroatoms. The van der Waals surface area contributed by atoms with Crippen molar-refractivity contribution in [3.8, 4) is 0 Å². The minimum absolute atomic E-state index is 0. The van der Waals surface area contributed by atoms with Crippen LogP contribution in [0.4, 0.5) is 5.69 Å². The molecule has 0 spiro atoms. The van der Waals surface area contributed by atoms with E-state index in [9.17, 15) is 9.59 Å². The molecule has 29 heavy (non-hydrogen) atoms. The van der Waals surface area contributed by atoms with Crippen LogP contribution in [0.15, 0.2) is 48.5 Å². The second-order valence-corrected chi connectivity index (χ2v) is 7.67. The normalized spacial score (nSPS) is 15.8. The number of benzene rings is 2. The lowest BCUT2D eigenvalue weighted by molar-refractivity contribution is -0.120. The molecule has 1 aliphatic rings. The average Bonchev–Trinajstić information content (AvgIpc) is 2.73. The quantitative estimate of drug-likeness (QED) is 0.716. The number of hydrogen-bond acceptors (Lipinski definition) is 3. The Morgan fingerprint density at radius 1 is 1.07 bits per heavy atom. The minimum atomic E-state index is -0.421. The first-order chi connectivity index (χ1) is 13.5. The van der Waals surface area contributed by atoms with E-state index in [0.29, 0.717) is 16.3 Å². The van der Waals surface area contributed by atoms with Gasteiger partial charge < -0.3 is 16.0 Å². The molecule has 1 aliphatic heterocycles. The van der Waals surface area contributed by atoms with Crippen molar-refractivity contribution in [3.05, 3.63) is 64.7 Å². The van der Waals surface area contributed by atoms with Gasteiger partial charge in [-0.15, -0.1) is 12.4 Å². The smallest absolute Gasteiger partial charge is 0.255 e. The fourth-order valence-electron chi connectivity index (χ4n) is 3.42. The Hall–Kier alpha value is -2.08. The van der Waals surface area contributed by atoms with E-state index >= 15 is 0 Å². The van der Waals surface area contributed by atoms with Crippen molar-refractivity contribution in [2.45, 2.75) is 32.2 Å². The van der Waals surface area contributed by atoms with E-state index in [2.05, 4.69) is 5.32 Å². The molecule has 1 fully saturated rings. The molecular formula is C22H27Cl2N3O2. The summed E-state index contributed by atoms with van der Waals surface area (Å²) in [5, 5.41) is 3.19. The van der Waals surface area contributed by atoms with Crippen molar-refractivity contribution in [1.29, 1.82) is 0 Å². The Balaban J connectivity index is 0.00000300. The van der Waals surface area contributed by atoms with Crippen LogP contribution in [0.5, 0.6) is 0 Å². The topological polar surface area (TPSA) is 75.4 Å². The lowest BCUT2D eigenvalue weighted by Crippen LogP contribution is -2.35. The summed E-state index contributed by atoms with van der Waals surface area (Å²) in [5.41, 5.74) is 8.16. The zero-order valence-corrected chi connectivity index (χ0v) is 18.0. The molecule has 2 unspecified atom stereocenters. The van der Waals surface area contributed by atoms with Gasteiger partial charge in [0.2, 0.25) is 5.91 Å². The summed E-state index contributed by atoms with van der Waals surface area (Å²) < 4.78 is 0. The Kier molecular flexibility index (Phi) is 8.50. The highest BCUT2D eigenvalue weighted by atomic mass is 35.5. The Morgan fingerprint density at radius 2 is 1.72 bits per heavy atom. The van der Waals surface area contributed by atoms with Gasteiger partial charge >= 0.3 is 0 Å². The predicted molar refractivity (Wildman–Crippen MR) is 120 cm³/mol. The molecule has 156 valence electrons. The Bertz CT molecular complexity index is 839. The van der Waals surface area contributed by atoms with Gasteiger partial charge in [0.25, 0.3) is 5.91 Å². The molecule has 2 amide bonds. The molecule has 3 rings (SSSR count). The van der Waals surface area contributed by atoms with Gasteiger partial charge in [0.05, 0.1) is 16.5 Å². The number of rotatable bonds is 5. The fourth-order valence-corrected chi connectivity index (χ4v) is 3.68. The zero-order valence-electron chi connectivity index (χ0n) is 16.4. The highest BCUT2D eigenvalue weighted by Crippen LogP contribution is 2.25. The van der Waals surface area contributed by atoms with Gasteiger partial charge in [-0.3, -0.25) is 9.59 Å². The van der Waals surface area contributed by atoms with Crippen molar-refractivity contribution in [2.24, 2.45) is 11.7 Å². The van der Waals surface area contributed by atoms with Crippen LogP contribution in [0.25, 0.3) is 0 Å². The largest absolute Gasteiger partial charge is 0.339 e. The Labute approximate surface area is 183 Å². The maximum absolute atomic E-state index is 12.6. The van der Waals surface area contributed by atoms with Crippen LogP contribution in [0.3, 0.4) is 0 Å². The summed E-state index contributed by atoms with van der Waals surface area (Å²) >= 11 is 6.34. The van der Waals surface area contributed by atoms with Crippen LogP contribution in [-0.2, 0) is 4.79 Å². The number of nitrogens with one attached hydrogen (secondary N) is 1. The summed E-state index contributed by atoms with van der Waals surface area (Å²) in [5.74, 6) is -0.666. The lowest BCUT2D eigenvalue weighted by atomic mass is 9.94. The van der Waals surface area contributed by atoms with E-state index in [1.54, 1.807) is 25.1 Å². The summed E-state index contributed by atoms with van der Waals surface area (Å²) in [6, 6.07) is 14.1. The van der Waals surface area contributed by atoms with E-state index in [0.717, 1.165) is 37.9 Å². The lowest BCUT2D eigenvalue weighted by Gasteiger charge is -2.27. The second kappa shape index (κ2) is 10.6. The number of nitrogens with two attached hydrogens (primary N) is 1. The maximum atomic E-state index is 12.6.